The summed E-state index contributed by atoms with van der Waals surface area (Å²) < 4.78 is 22.5. The Hall–Kier alpha value is -2.86. The molecule has 4 aromatic carbocycles. The van der Waals surface area contributed by atoms with Crippen molar-refractivity contribution in [2.75, 3.05) is 12.4 Å². The second-order valence-corrected chi connectivity index (χ2v) is 10.4. The summed E-state index contributed by atoms with van der Waals surface area (Å²) in [7, 11) is 0. The molecule has 0 aliphatic heterocycles. The standard InChI is InChI=1S/C30H30O3S2/c1-25-19-21-29(22-20-25)33-35(31)32-23-11-12-24-34-30(26-13-5-2-6-14-26,27-15-7-3-8-16-27)28-17-9-4-10-18-28/h2-10,13-22H,11-12,23-24H2,1H3. The van der Waals surface area contributed by atoms with E-state index in [-0.39, 0.29) is 4.75 Å². The third-order valence-electron chi connectivity index (χ3n) is 5.76. The molecule has 0 radical (unpaired) electrons. The molecule has 1 atom stereocenters. The largest absolute Gasteiger partial charge is 0.380 e. The number of hydrogen-bond acceptors (Lipinski definition) is 4. The molecular weight excluding hydrogens is 472 g/mol. The molecule has 0 N–H and O–H groups in total. The lowest BCUT2D eigenvalue weighted by Crippen LogP contribution is -2.26. The molecule has 180 valence electrons. The molecule has 4 rings (SSSR count). The highest BCUT2D eigenvalue weighted by atomic mass is 32.2. The molecule has 0 aliphatic carbocycles. The summed E-state index contributed by atoms with van der Waals surface area (Å²) in [5.74, 6) is 1.47. The van der Waals surface area contributed by atoms with E-state index in [1.165, 1.54) is 16.7 Å². The molecule has 0 bridgehead atoms. The van der Waals surface area contributed by atoms with E-state index < -0.39 is 11.4 Å². The molecule has 0 amide bonds. The number of hydrogen-bond donors (Lipinski definition) is 0. The van der Waals surface area contributed by atoms with E-state index in [2.05, 4.69) is 91.0 Å². The van der Waals surface area contributed by atoms with E-state index in [0.717, 1.165) is 24.2 Å². The van der Waals surface area contributed by atoms with Crippen molar-refractivity contribution in [3.63, 3.8) is 0 Å². The fraction of sp³-hybridized carbons (Fsp3) is 0.200. The fourth-order valence-corrected chi connectivity index (χ4v) is 6.15. The summed E-state index contributed by atoms with van der Waals surface area (Å²) in [6, 6.07) is 39.5. The van der Waals surface area contributed by atoms with Gasteiger partial charge in [0.05, 0.1) is 11.4 Å². The molecule has 4 aromatic rings. The van der Waals surface area contributed by atoms with Crippen LogP contribution in [-0.4, -0.2) is 16.6 Å². The maximum absolute atomic E-state index is 12.1. The van der Waals surface area contributed by atoms with Crippen LogP contribution in [0.2, 0.25) is 0 Å². The third kappa shape index (κ3) is 6.63. The van der Waals surface area contributed by atoms with Crippen molar-refractivity contribution in [3.05, 3.63) is 138 Å². The third-order valence-corrected chi connectivity index (χ3v) is 8.08. The van der Waals surface area contributed by atoms with Crippen LogP contribution < -0.4 is 4.18 Å². The maximum Gasteiger partial charge on any atom is 0.360 e. The van der Waals surface area contributed by atoms with Crippen LogP contribution in [0, 0.1) is 6.92 Å². The molecule has 0 spiro atoms. The molecule has 35 heavy (non-hydrogen) atoms. The number of rotatable bonds is 12. The maximum atomic E-state index is 12.1. The number of benzene rings is 4. The van der Waals surface area contributed by atoms with E-state index in [1.807, 2.05) is 30.8 Å². The zero-order valence-electron chi connectivity index (χ0n) is 19.8. The van der Waals surface area contributed by atoms with Crippen molar-refractivity contribution < 1.29 is 12.6 Å². The van der Waals surface area contributed by atoms with Crippen LogP contribution in [0.15, 0.2) is 115 Å². The topological polar surface area (TPSA) is 35.5 Å². The molecule has 1 unspecified atom stereocenters. The van der Waals surface area contributed by atoms with Gasteiger partial charge in [-0.05, 0) is 54.3 Å². The van der Waals surface area contributed by atoms with Gasteiger partial charge >= 0.3 is 11.4 Å². The van der Waals surface area contributed by atoms with Crippen molar-refractivity contribution in [1.82, 2.24) is 0 Å². The van der Waals surface area contributed by atoms with Gasteiger partial charge in [0.15, 0.2) is 0 Å². The molecule has 0 heterocycles. The Morgan fingerprint density at radius 3 is 1.66 bits per heavy atom. The summed E-state index contributed by atoms with van der Waals surface area (Å²) in [5, 5.41) is 0. The van der Waals surface area contributed by atoms with E-state index in [0.29, 0.717) is 12.4 Å². The molecule has 0 fully saturated rings. The first kappa shape index (κ1) is 25.2. The molecule has 5 heteroatoms. The first-order chi connectivity index (χ1) is 17.2. The van der Waals surface area contributed by atoms with Crippen LogP contribution in [0.25, 0.3) is 0 Å². The number of aryl methyl sites for hydroxylation is 1. The van der Waals surface area contributed by atoms with Crippen molar-refractivity contribution in [3.8, 4) is 5.75 Å². The van der Waals surface area contributed by atoms with Gasteiger partial charge in [0.1, 0.15) is 5.75 Å². The lowest BCUT2D eigenvalue weighted by molar-refractivity contribution is 0.304. The van der Waals surface area contributed by atoms with Crippen molar-refractivity contribution >= 4 is 23.1 Å². The summed E-state index contributed by atoms with van der Waals surface area (Å²) in [4.78, 5) is 0. The van der Waals surface area contributed by atoms with Crippen LogP contribution in [0.1, 0.15) is 35.1 Å². The van der Waals surface area contributed by atoms with E-state index >= 15 is 0 Å². The van der Waals surface area contributed by atoms with Crippen LogP contribution in [-0.2, 0) is 20.3 Å². The van der Waals surface area contributed by atoms with Gasteiger partial charge in [0.25, 0.3) is 0 Å². The fourth-order valence-electron chi connectivity index (χ4n) is 4.02. The van der Waals surface area contributed by atoms with E-state index in [4.69, 9.17) is 8.37 Å². The summed E-state index contributed by atoms with van der Waals surface area (Å²) in [6.45, 7) is 2.38. The van der Waals surface area contributed by atoms with Gasteiger partial charge in [0.2, 0.25) is 0 Å². The predicted octanol–water partition coefficient (Wildman–Crippen LogP) is 7.47. The Labute approximate surface area is 215 Å². The molecule has 0 aliphatic rings. The molecule has 0 saturated heterocycles. The van der Waals surface area contributed by atoms with Gasteiger partial charge < -0.3 is 4.18 Å². The van der Waals surface area contributed by atoms with Crippen LogP contribution in [0.4, 0.5) is 0 Å². The lowest BCUT2D eigenvalue weighted by Gasteiger charge is -2.35. The minimum atomic E-state index is -1.80. The molecule has 0 aromatic heterocycles. The summed E-state index contributed by atoms with van der Waals surface area (Å²) >= 11 is 0.132. The molecular formula is C30H30O3S2. The van der Waals surface area contributed by atoms with E-state index in [9.17, 15) is 4.21 Å². The highest BCUT2D eigenvalue weighted by Gasteiger charge is 2.36. The van der Waals surface area contributed by atoms with Crippen molar-refractivity contribution in [1.29, 1.82) is 0 Å². The highest BCUT2D eigenvalue weighted by molar-refractivity contribution is 8.00. The number of thioether (sulfide) groups is 1. The Bertz CT molecular complexity index is 1080. The SMILES string of the molecule is Cc1ccc(OS(=O)OCCCCSC(c2ccccc2)(c2ccccc2)c2ccccc2)cc1. The predicted molar refractivity (Wildman–Crippen MR) is 147 cm³/mol. The van der Waals surface area contributed by atoms with Gasteiger partial charge in [-0.3, -0.25) is 4.18 Å². The minimum Gasteiger partial charge on any atom is -0.380 e. The Morgan fingerprint density at radius 2 is 1.17 bits per heavy atom. The Morgan fingerprint density at radius 1 is 0.686 bits per heavy atom. The zero-order chi connectivity index (χ0) is 24.3. The first-order valence-electron chi connectivity index (χ1n) is 11.8. The second kappa shape index (κ2) is 12.7. The molecule has 3 nitrogen and oxygen atoms in total. The van der Waals surface area contributed by atoms with Crippen LogP contribution in [0.5, 0.6) is 5.75 Å². The number of unbranched alkanes of at least 4 members (excludes halogenated alkanes) is 1. The second-order valence-electron chi connectivity index (χ2n) is 8.26. The lowest BCUT2D eigenvalue weighted by atomic mass is 9.84. The first-order valence-corrected chi connectivity index (χ1v) is 13.8. The van der Waals surface area contributed by atoms with Gasteiger partial charge in [-0.1, -0.05) is 109 Å². The Balaban J connectivity index is 1.41. The average molecular weight is 503 g/mol. The summed E-state index contributed by atoms with van der Waals surface area (Å²) in [6.07, 6.45) is 1.73. The Kier molecular flexibility index (Phi) is 9.18. The zero-order valence-corrected chi connectivity index (χ0v) is 21.5. The van der Waals surface area contributed by atoms with Crippen molar-refractivity contribution in [2.24, 2.45) is 0 Å². The van der Waals surface area contributed by atoms with Crippen LogP contribution in [0.3, 0.4) is 0 Å². The minimum absolute atomic E-state index is 0.317. The smallest absolute Gasteiger partial charge is 0.360 e. The van der Waals surface area contributed by atoms with Gasteiger partial charge in [-0.15, -0.1) is 11.8 Å². The van der Waals surface area contributed by atoms with Gasteiger partial charge in [-0.2, -0.15) is 4.21 Å². The van der Waals surface area contributed by atoms with Crippen LogP contribution >= 0.6 is 11.8 Å². The normalized spacial score (nSPS) is 12.3. The average Bonchev–Trinajstić information content (AvgIpc) is 2.91. The molecule has 0 saturated carbocycles. The quantitative estimate of drug-likeness (QED) is 0.149. The van der Waals surface area contributed by atoms with Crippen molar-refractivity contribution in [2.45, 2.75) is 24.5 Å². The summed E-state index contributed by atoms with van der Waals surface area (Å²) in [5.41, 5.74) is 4.89. The monoisotopic (exact) mass is 502 g/mol. The van der Waals surface area contributed by atoms with Gasteiger partial charge in [-0.25, -0.2) is 0 Å². The van der Waals surface area contributed by atoms with E-state index in [1.54, 1.807) is 12.1 Å². The van der Waals surface area contributed by atoms with Gasteiger partial charge in [0, 0.05) is 0 Å². The highest BCUT2D eigenvalue weighted by Crippen LogP contribution is 2.48.